The van der Waals surface area contributed by atoms with Crippen molar-refractivity contribution >= 4 is 23.7 Å². The summed E-state index contributed by atoms with van der Waals surface area (Å²) < 4.78 is 11.7. The minimum Gasteiger partial charge on any atom is -0.539 e. The molecule has 0 unspecified atom stereocenters. The largest absolute Gasteiger partial charge is 0.539 e. The second-order valence-electron chi connectivity index (χ2n) is 6.51. The van der Waals surface area contributed by atoms with Crippen molar-refractivity contribution in [3.63, 3.8) is 0 Å². The summed E-state index contributed by atoms with van der Waals surface area (Å²) in [6.07, 6.45) is 4.53. The van der Waals surface area contributed by atoms with E-state index in [-0.39, 0.29) is 6.92 Å². The summed E-state index contributed by atoms with van der Waals surface area (Å²) in [6.45, 7) is 2.19. The topological polar surface area (TPSA) is 69.4 Å². The summed E-state index contributed by atoms with van der Waals surface area (Å²) >= 11 is 0. The van der Waals surface area contributed by atoms with Crippen LogP contribution in [0.1, 0.15) is 12.5 Å². The Bertz CT molecular complexity index is 866. The van der Waals surface area contributed by atoms with E-state index in [4.69, 9.17) is 15.1 Å². The van der Waals surface area contributed by atoms with Crippen LogP contribution in [0.25, 0.3) is 0 Å². The van der Waals surface area contributed by atoms with Crippen LogP contribution in [0.3, 0.4) is 0 Å². The van der Waals surface area contributed by atoms with Crippen molar-refractivity contribution in [2.24, 2.45) is 5.73 Å². The average Bonchev–Trinajstić information content (AvgIpc) is 2.78. The highest BCUT2D eigenvalue weighted by Crippen LogP contribution is 2.11. The van der Waals surface area contributed by atoms with E-state index in [2.05, 4.69) is 41.5 Å². The van der Waals surface area contributed by atoms with Crippen molar-refractivity contribution in [1.29, 1.82) is 0 Å². The van der Waals surface area contributed by atoms with Gasteiger partial charge in [-0.15, -0.1) is 0 Å². The summed E-state index contributed by atoms with van der Waals surface area (Å²) in [6, 6.07) is 22.0. The summed E-state index contributed by atoms with van der Waals surface area (Å²) in [5, 5.41) is 3.22. The van der Waals surface area contributed by atoms with E-state index >= 15 is 0 Å². The van der Waals surface area contributed by atoms with E-state index in [1.807, 2.05) is 48.5 Å². The average molecular weight is 387 g/mol. The molecule has 0 aliphatic heterocycles. The third-order valence-corrected chi connectivity index (χ3v) is 4.57. The van der Waals surface area contributed by atoms with Gasteiger partial charge in [-0.25, -0.2) is 4.98 Å². The lowest BCUT2D eigenvalue weighted by Gasteiger charge is -2.20. The number of hydrogen-bond donors (Lipinski definition) is 2. The van der Waals surface area contributed by atoms with Crippen LogP contribution in [-0.2, 0) is 11.1 Å². The van der Waals surface area contributed by atoms with Crippen LogP contribution in [0, 0.1) is 0 Å². The molecule has 148 valence electrons. The molecule has 0 aliphatic carbocycles. The molecule has 3 aromatic rings. The highest BCUT2D eigenvalue weighted by Gasteiger charge is 2.25. The summed E-state index contributed by atoms with van der Waals surface area (Å²) in [7, 11) is 1.66. The Kier molecular flexibility index (Phi) is 7.31. The first-order valence-corrected chi connectivity index (χ1v) is 9.71. The molecule has 0 bridgehead atoms. The SMILES string of the molecule is CCc1ccc(B(O/C(=C/CN)Nc2ccccn2)c2ccc(OC)cc2)cc1. The maximum Gasteiger partial charge on any atom is 0.427 e. The van der Waals surface area contributed by atoms with Gasteiger partial charge in [-0.1, -0.05) is 49.4 Å². The first kappa shape index (κ1) is 20.5. The fourth-order valence-electron chi connectivity index (χ4n) is 2.96. The van der Waals surface area contributed by atoms with E-state index in [0.29, 0.717) is 18.2 Å². The van der Waals surface area contributed by atoms with Gasteiger partial charge in [0.05, 0.1) is 7.11 Å². The number of nitrogens with two attached hydrogens (primary N) is 1. The van der Waals surface area contributed by atoms with Crippen LogP contribution in [0.15, 0.2) is 84.9 Å². The molecule has 29 heavy (non-hydrogen) atoms. The van der Waals surface area contributed by atoms with Gasteiger partial charge in [0.1, 0.15) is 11.6 Å². The minimum atomic E-state index is -0.305. The summed E-state index contributed by atoms with van der Waals surface area (Å²) in [5.74, 6) is 2.06. The standard InChI is InChI=1S/C23H26BN3O2/c1-3-18-7-9-19(10-8-18)24(20-11-13-21(28-2)14-12-20)29-23(15-16-25)27-22-6-4-5-17-26-22/h4-15,17H,3,16,25H2,1-2H3,(H,26,27)/b23-15+. The zero-order valence-corrected chi connectivity index (χ0v) is 16.8. The molecule has 0 atom stereocenters. The Morgan fingerprint density at radius 2 is 1.72 bits per heavy atom. The van der Waals surface area contributed by atoms with Crippen molar-refractivity contribution in [3.8, 4) is 5.75 Å². The highest BCUT2D eigenvalue weighted by atomic mass is 16.5. The van der Waals surface area contributed by atoms with E-state index in [1.165, 1.54) is 5.56 Å². The van der Waals surface area contributed by atoms with Crippen molar-refractivity contribution < 1.29 is 9.39 Å². The first-order chi connectivity index (χ1) is 14.2. The second kappa shape index (κ2) is 10.3. The Balaban J connectivity index is 1.92. The molecule has 0 spiro atoms. The predicted octanol–water partition coefficient (Wildman–Crippen LogP) is 2.69. The number of methoxy groups -OCH3 is 1. The number of aromatic nitrogens is 1. The van der Waals surface area contributed by atoms with Gasteiger partial charge in [-0.05, 0) is 53.3 Å². The molecule has 0 saturated heterocycles. The molecule has 5 nitrogen and oxygen atoms in total. The van der Waals surface area contributed by atoms with Gasteiger partial charge in [0.25, 0.3) is 0 Å². The number of anilines is 1. The van der Waals surface area contributed by atoms with E-state index in [9.17, 15) is 0 Å². The predicted molar refractivity (Wildman–Crippen MR) is 120 cm³/mol. The maximum absolute atomic E-state index is 6.40. The van der Waals surface area contributed by atoms with Crippen LogP contribution in [-0.4, -0.2) is 25.6 Å². The monoisotopic (exact) mass is 387 g/mol. The lowest BCUT2D eigenvalue weighted by atomic mass is 9.55. The molecule has 1 heterocycles. The minimum absolute atomic E-state index is 0.305. The normalized spacial score (nSPS) is 11.1. The highest BCUT2D eigenvalue weighted by molar-refractivity contribution is 6.80. The fraction of sp³-hybridized carbons (Fsp3) is 0.174. The zero-order valence-electron chi connectivity index (χ0n) is 16.8. The van der Waals surface area contributed by atoms with Gasteiger partial charge in [-0.2, -0.15) is 0 Å². The Hall–Kier alpha value is -3.25. The Morgan fingerprint density at radius 3 is 2.28 bits per heavy atom. The van der Waals surface area contributed by atoms with Gasteiger partial charge >= 0.3 is 6.92 Å². The van der Waals surface area contributed by atoms with Crippen LogP contribution < -0.4 is 26.7 Å². The molecule has 0 aliphatic rings. The second-order valence-corrected chi connectivity index (χ2v) is 6.51. The fourth-order valence-corrected chi connectivity index (χ4v) is 2.96. The first-order valence-electron chi connectivity index (χ1n) is 9.71. The molecule has 1 aromatic heterocycles. The molecule has 0 saturated carbocycles. The molecular weight excluding hydrogens is 361 g/mol. The molecule has 3 N–H and O–H groups in total. The van der Waals surface area contributed by atoms with Crippen LogP contribution in [0.2, 0.25) is 0 Å². The number of nitrogens with one attached hydrogen (secondary N) is 1. The third kappa shape index (κ3) is 5.62. The number of nitrogens with zero attached hydrogens (tertiary/aromatic N) is 1. The van der Waals surface area contributed by atoms with Gasteiger partial charge in [0.15, 0.2) is 5.88 Å². The number of aryl methyl sites for hydroxylation is 1. The lowest BCUT2D eigenvalue weighted by molar-refractivity contribution is 0.415. The van der Waals surface area contributed by atoms with Gasteiger partial charge < -0.3 is 20.4 Å². The Morgan fingerprint density at radius 1 is 1.03 bits per heavy atom. The van der Waals surface area contributed by atoms with Crippen molar-refractivity contribution in [2.45, 2.75) is 13.3 Å². The number of rotatable bonds is 9. The summed E-state index contributed by atoms with van der Waals surface area (Å²) in [4.78, 5) is 4.31. The smallest absolute Gasteiger partial charge is 0.427 e. The molecule has 6 heteroatoms. The molecule has 0 fully saturated rings. The molecule has 2 aromatic carbocycles. The zero-order chi connectivity index (χ0) is 20.5. The van der Waals surface area contributed by atoms with E-state index in [1.54, 1.807) is 13.3 Å². The number of ether oxygens (including phenoxy) is 1. The van der Waals surface area contributed by atoms with Gasteiger partial charge in [-0.3, -0.25) is 0 Å². The van der Waals surface area contributed by atoms with Crippen molar-refractivity contribution in [1.82, 2.24) is 4.98 Å². The molecular formula is C23H26BN3O2. The van der Waals surface area contributed by atoms with Crippen molar-refractivity contribution in [3.05, 3.63) is 90.4 Å². The third-order valence-electron chi connectivity index (χ3n) is 4.57. The molecule has 0 amide bonds. The van der Waals surface area contributed by atoms with Crippen LogP contribution >= 0.6 is 0 Å². The molecule has 3 rings (SSSR count). The Labute approximate surface area is 172 Å². The number of pyridine rings is 1. The number of benzene rings is 2. The number of hydrogen-bond acceptors (Lipinski definition) is 5. The quantitative estimate of drug-likeness (QED) is 0.437. The lowest BCUT2D eigenvalue weighted by Crippen LogP contribution is -2.45. The van der Waals surface area contributed by atoms with E-state index < -0.39 is 0 Å². The summed E-state index contributed by atoms with van der Waals surface area (Å²) in [5.41, 5.74) is 9.13. The van der Waals surface area contributed by atoms with Crippen molar-refractivity contribution in [2.75, 3.05) is 19.0 Å². The maximum atomic E-state index is 6.40. The molecule has 0 radical (unpaired) electrons. The van der Waals surface area contributed by atoms with Gasteiger partial charge in [0.2, 0.25) is 0 Å². The van der Waals surface area contributed by atoms with E-state index in [0.717, 1.165) is 23.1 Å². The van der Waals surface area contributed by atoms with Gasteiger partial charge in [0, 0.05) is 12.7 Å². The van der Waals surface area contributed by atoms with Crippen LogP contribution in [0.5, 0.6) is 5.75 Å². The van der Waals surface area contributed by atoms with Crippen LogP contribution in [0.4, 0.5) is 5.82 Å².